The number of rotatable bonds is 5. The van der Waals surface area contributed by atoms with Crippen LogP contribution in [0, 0.1) is 13.8 Å². The molecule has 0 spiro atoms. The van der Waals surface area contributed by atoms with Gasteiger partial charge in [-0.15, -0.1) is 11.3 Å². The Kier molecular flexibility index (Phi) is 4.99. The summed E-state index contributed by atoms with van der Waals surface area (Å²) in [6.07, 6.45) is 3.71. The number of amides is 1. The zero-order valence-electron chi connectivity index (χ0n) is 15.6. The lowest BCUT2D eigenvalue weighted by Crippen LogP contribution is -2.15. The molecular weight excluding hydrogens is 370 g/mol. The number of hydrogen-bond donors (Lipinski definition) is 1. The van der Waals surface area contributed by atoms with Crippen LogP contribution in [0.25, 0.3) is 16.3 Å². The second-order valence-electron chi connectivity index (χ2n) is 6.40. The Hall–Kier alpha value is -3.32. The minimum absolute atomic E-state index is 0.109. The van der Waals surface area contributed by atoms with Crippen molar-refractivity contribution in [1.29, 1.82) is 0 Å². The van der Waals surface area contributed by atoms with Crippen LogP contribution in [0.4, 0.5) is 5.69 Å². The molecule has 1 N–H and O–H groups in total. The van der Waals surface area contributed by atoms with E-state index in [1.807, 2.05) is 66.4 Å². The van der Waals surface area contributed by atoms with E-state index >= 15 is 0 Å². The fourth-order valence-electron chi connectivity index (χ4n) is 3.00. The van der Waals surface area contributed by atoms with Crippen molar-refractivity contribution in [3.63, 3.8) is 0 Å². The molecule has 140 valence electrons. The second kappa shape index (κ2) is 7.74. The Balaban J connectivity index is 1.49. The summed E-state index contributed by atoms with van der Waals surface area (Å²) in [5, 5.41) is 10.3. The number of para-hydroxylation sites is 1. The number of pyridine rings is 1. The van der Waals surface area contributed by atoms with Crippen molar-refractivity contribution in [2.24, 2.45) is 0 Å². The van der Waals surface area contributed by atoms with Gasteiger partial charge in [0, 0.05) is 23.3 Å². The van der Waals surface area contributed by atoms with Crippen LogP contribution in [0.1, 0.15) is 17.1 Å². The number of benzene rings is 1. The molecule has 0 bridgehead atoms. The molecule has 0 radical (unpaired) electrons. The van der Waals surface area contributed by atoms with Gasteiger partial charge in [0.15, 0.2) is 0 Å². The Morgan fingerprint density at radius 3 is 2.71 bits per heavy atom. The molecule has 0 fully saturated rings. The molecule has 1 aromatic carbocycles. The average Bonchev–Trinajstić information content (AvgIpc) is 3.29. The fourth-order valence-corrected chi connectivity index (χ4v) is 3.81. The van der Waals surface area contributed by atoms with Gasteiger partial charge in [-0.05, 0) is 38.1 Å². The van der Waals surface area contributed by atoms with Crippen molar-refractivity contribution in [3.05, 3.63) is 77.3 Å². The van der Waals surface area contributed by atoms with Crippen LogP contribution in [0.3, 0.4) is 0 Å². The third-order valence-corrected chi connectivity index (χ3v) is 5.30. The van der Waals surface area contributed by atoms with Crippen molar-refractivity contribution >= 4 is 22.9 Å². The average molecular weight is 389 g/mol. The normalized spacial score (nSPS) is 10.8. The van der Waals surface area contributed by atoms with Crippen LogP contribution in [-0.2, 0) is 11.2 Å². The van der Waals surface area contributed by atoms with Crippen LogP contribution in [0.15, 0.2) is 60.2 Å². The number of carbonyl (C=O) groups is 1. The quantitative estimate of drug-likeness (QED) is 0.555. The van der Waals surface area contributed by atoms with E-state index in [0.717, 1.165) is 39.0 Å². The molecule has 0 aliphatic rings. The van der Waals surface area contributed by atoms with E-state index in [2.05, 4.69) is 20.4 Å². The van der Waals surface area contributed by atoms with E-state index in [-0.39, 0.29) is 12.3 Å². The molecule has 0 saturated heterocycles. The van der Waals surface area contributed by atoms with Crippen molar-refractivity contribution in [3.8, 4) is 16.3 Å². The van der Waals surface area contributed by atoms with Crippen LogP contribution in [0.5, 0.6) is 0 Å². The summed E-state index contributed by atoms with van der Waals surface area (Å²) in [5.74, 6) is -0.109. The number of nitrogens with one attached hydrogen (secondary N) is 1. The maximum atomic E-state index is 12.6. The molecule has 28 heavy (non-hydrogen) atoms. The number of anilines is 1. The molecule has 6 nitrogen and oxygen atoms in total. The van der Waals surface area contributed by atoms with Crippen LogP contribution < -0.4 is 5.32 Å². The highest BCUT2D eigenvalue weighted by Gasteiger charge is 2.16. The second-order valence-corrected chi connectivity index (χ2v) is 7.26. The van der Waals surface area contributed by atoms with Gasteiger partial charge in [-0.3, -0.25) is 9.78 Å². The Morgan fingerprint density at radius 1 is 1.14 bits per heavy atom. The number of hydrogen-bond acceptors (Lipinski definition) is 5. The zero-order valence-corrected chi connectivity index (χ0v) is 16.4. The van der Waals surface area contributed by atoms with E-state index < -0.39 is 0 Å². The predicted octanol–water partition coefficient (Wildman–Crippen LogP) is 4.19. The number of aryl methyl sites for hydroxylation is 1. The van der Waals surface area contributed by atoms with Gasteiger partial charge >= 0.3 is 0 Å². The van der Waals surface area contributed by atoms with E-state index in [1.54, 1.807) is 12.4 Å². The molecule has 3 aromatic heterocycles. The summed E-state index contributed by atoms with van der Waals surface area (Å²) in [4.78, 5) is 21.3. The van der Waals surface area contributed by atoms with Gasteiger partial charge in [-0.1, -0.05) is 18.2 Å². The summed E-state index contributed by atoms with van der Waals surface area (Å²) < 4.78 is 1.84. The molecule has 1 amide bonds. The van der Waals surface area contributed by atoms with Gasteiger partial charge in [0.05, 0.1) is 34.9 Å². The molecule has 0 unspecified atom stereocenters. The number of thiazole rings is 1. The largest absolute Gasteiger partial charge is 0.323 e. The highest BCUT2D eigenvalue weighted by atomic mass is 32.1. The predicted molar refractivity (Wildman–Crippen MR) is 111 cm³/mol. The third-order valence-electron chi connectivity index (χ3n) is 4.36. The minimum Gasteiger partial charge on any atom is -0.323 e. The summed E-state index contributed by atoms with van der Waals surface area (Å²) in [7, 11) is 0. The maximum absolute atomic E-state index is 12.6. The first-order valence-corrected chi connectivity index (χ1v) is 9.76. The lowest BCUT2D eigenvalue weighted by Gasteiger charge is -2.06. The fraction of sp³-hybridized carbons (Fsp3) is 0.143. The SMILES string of the molecule is Cc1nn(-c2ccccc2)c(C)c1NC(=O)Cc1csc(-c2cccnc2)n1. The first kappa shape index (κ1) is 18.1. The molecule has 0 aliphatic carbocycles. The first-order valence-electron chi connectivity index (χ1n) is 8.88. The lowest BCUT2D eigenvalue weighted by molar-refractivity contribution is -0.115. The van der Waals surface area contributed by atoms with E-state index in [9.17, 15) is 4.79 Å². The maximum Gasteiger partial charge on any atom is 0.230 e. The van der Waals surface area contributed by atoms with E-state index in [0.29, 0.717) is 0 Å². The summed E-state index contributed by atoms with van der Waals surface area (Å²) in [6, 6.07) is 13.7. The molecule has 7 heteroatoms. The zero-order chi connectivity index (χ0) is 19.5. The molecule has 4 aromatic rings. The molecule has 4 rings (SSSR count). The van der Waals surface area contributed by atoms with Crippen molar-refractivity contribution < 1.29 is 4.79 Å². The summed E-state index contributed by atoms with van der Waals surface area (Å²) >= 11 is 1.51. The number of aromatic nitrogens is 4. The Bertz CT molecular complexity index is 1100. The first-order chi connectivity index (χ1) is 13.6. The summed E-state index contributed by atoms with van der Waals surface area (Å²) in [6.45, 7) is 3.84. The van der Waals surface area contributed by atoms with Gasteiger partial charge < -0.3 is 5.32 Å². The van der Waals surface area contributed by atoms with Crippen LogP contribution in [-0.4, -0.2) is 25.7 Å². The molecule has 0 aliphatic heterocycles. The Labute approximate surface area is 166 Å². The van der Waals surface area contributed by atoms with Crippen molar-refractivity contribution in [2.45, 2.75) is 20.3 Å². The smallest absolute Gasteiger partial charge is 0.230 e. The Morgan fingerprint density at radius 2 is 1.96 bits per heavy atom. The van der Waals surface area contributed by atoms with Gasteiger partial charge in [-0.25, -0.2) is 9.67 Å². The highest BCUT2D eigenvalue weighted by Crippen LogP contribution is 2.25. The van der Waals surface area contributed by atoms with Crippen LogP contribution >= 0.6 is 11.3 Å². The van der Waals surface area contributed by atoms with E-state index in [4.69, 9.17) is 0 Å². The summed E-state index contributed by atoms with van der Waals surface area (Å²) in [5.41, 5.74) is 5.08. The van der Waals surface area contributed by atoms with E-state index in [1.165, 1.54) is 11.3 Å². The van der Waals surface area contributed by atoms with Gasteiger partial charge in [0.1, 0.15) is 5.01 Å². The molecular formula is C21H19N5OS. The van der Waals surface area contributed by atoms with Gasteiger partial charge in [-0.2, -0.15) is 5.10 Å². The highest BCUT2D eigenvalue weighted by molar-refractivity contribution is 7.13. The third kappa shape index (κ3) is 3.70. The number of nitrogens with zero attached hydrogens (tertiary/aromatic N) is 4. The van der Waals surface area contributed by atoms with Gasteiger partial charge in [0.2, 0.25) is 5.91 Å². The number of carbonyl (C=O) groups excluding carboxylic acids is 1. The standard InChI is InChI=1S/C21H19N5OS/c1-14-20(15(2)26(25-14)18-8-4-3-5-9-18)24-19(27)11-17-13-28-21(23-17)16-7-6-10-22-12-16/h3-10,12-13H,11H2,1-2H3,(H,24,27). The minimum atomic E-state index is -0.109. The molecule has 0 atom stereocenters. The topological polar surface area (TPSA) is 72.7 Å². The lowest BCUT2D eigenvalue weighted by atomic mass is 10.2. The monoisotopic (exact) mass is 389 g/mol. The van der Waals surface area contributed by atoms with Gasteiger partial charge in [0.25, 0.3) is 0 Å². The van der Waals surface area contributed by atoms with Crippen LogP contribution in [0.2, 0.25) is 0 Å². The molecule has 0 saturated carbocycles. The van der Waals surface area contributed by atoms with Crippen molar-refractivity contribution in [2.75, 3.05) is 5.32 Å². The molecule has 3 heterocycles. The van der Waals surface area contributed by atoms with Crippen molar-refractivity contribution in [1.82, 2.24) is 19.7 Å².